The molecule has 0 aromatic heterocycles. The van der Waals surface area contributed by atoms with E-state index in [1.807, 2.05) is 0 Å². The zero-order chi connectivity index (χ0) is 12.4. The smallest absolute Gasteiger partial charge is 0.289 e. The molecule has 1 aliphatic heterocycles. The molecule has 3 rings (SSSR count). The first kappa shape index (κ1) is 11.6. The van der Waals surface area contributed by atoms with Gasteiger partial charge in [0, 0.05) is 5.69 Å². The second kappa shape index (κ2) is 5.01. The standard InChI is InChI=1S/C15H20N2O/c1-2-11-7-8-14(17-15-16-9-10-18-15)13-6-4-3-5-12(11)13/h7-8H,2-6,9-10H2,1H3,(H,16,17). The Bertz CT molecular complexity index is 480. The maximum absolute atomic E-state index is 5.44. The molecule has 0 atom stereocenters. The molecule has 0 radical (unpaired) electrons. The highest BCUT2D eigenvalue weighted by Gasteiger charge is 2.18. The Morgan fingerprint density at radius 2 is 2.06 bits per heavy atom. The van der Waals surface area contributed by atoms with Gasteiger partial charge >= 0.3 is 0 Å². The van der Waals surface area contributed by atoms with Crippen LogP contribution in [-0.4, -0.2) is 19.2 Å². The molecule has 0 unspecified atom stereocenters. The van der Waals surface area contributed by atoms with E-state index in [1.54, 1.807) is 5.56 Å². The predicted octanol–water partition coefficient (Wildman–Crippen LogP) is 2.93. The van der Waals surface area contributed by atoms with Gasteiger partial charge in [0.2, 0.25) is 0 Å². The van der Waals surface area contributed by atoms with Gasteiger partial charge in [0.1, 0.15) is 6.61 Å². The lowest BCUT2D eigenvalue weighted by atomic mass is 9.86. The van der Waals surface area contributed by atoms with Crippen LogP contribution in [0.25, 0.3) is 0 Å². The zero-order valence-corrected chi connectivity index (χ0v) is 11.0. The number of amidine groups is 1. The molecule has 3 nitrogen and oxygen atoms in total. The predicted molar refractivity (Wildman–Crippen MR) is 74.3 cm³/mol. The third-order valence-electron chi connectivity index (χ3n) is 3.84. The molecular weight excluding hydrogens is 224 g/mol. The molecular formula is C15H20N2O. The minimum absolute atomic E-state index is 0.687. The topological polar surface area (TPSA) is 33.6 Å². The minimum atomic E-state index is 0.687. The number of hydrogen-bond acceptors (Lipinski definition) is 3. The molecule has 1 aliphatic carbocycles. The van der Waals surface area contributed by atoms with Gasteiger partial charge in [-0.1, -0.05) is 13.0 Å². The fourth-order valence-electron chi connectivity index (χ4n) is 2.92. The van der Waals surface area contributed by atoms with Crippen molar-refractivity contribution in [2.75, 3.05) is 18.5 Å². The van der Waals surface area contributed by atoms with Gasteiger partial charge in [-0.2, -0.15) is 0 Å². The van der Waals surface area contributed by atoms with Gasteiger partial charge in [0.05, 0.1) is 6.54 Å². The van der Waals surface area contributed by atoms with Crippen molar-refractivity contribution in [3.05, 3.63) is 28.8 Å². The molecule has 18 heavy (non-hydrogen) atoms. The number of hydrogen-bond donors (Lipinski definition) is 1. The van der Waals surface area contributed by atoms with E-state index in [-0.39, 0.29) is 0 Å². The highest BCUT2D eigenvalue weighted by molar-refractivity contribution is 5.91. The highest BCUT2D eigenvalue weighted by atomic mass is 16.5. The first-order valence-electron chi connectivity index (χ1n) is 6.96. The van der Waals surface area contributed by atoms with Gasteiger partial charge in [-0.25, -0.2) is 4.99 Å². The second-order valence-electron chi connectivity index (χ2n) is 4.95. The molecule has 1 aromatic carbocycles. The van der Waals surface area contributed by atoms with Crippen LogP contribution < -0.4 is 5.32 Å². The molecule has 0 saturated carbocycles. The Kier molecular flexibility index (Phi) is 3.22. The van der Waals surface area contributed by atoms with Gasteiger partial charge in [-0.15, -0.1) is 0 Å². The van der Waals surface area contributed by atoms with Crippen molar-refractivity contribution >= 4 is 11.7 Å². The van der Waals surface area contributed by atoms with Crippen LogP contribution in [-0.2, 0) is 24.0 Å². The largest absolute Gasteiger partial charge is 0.463 e. The molecule has 1 aromatic rings. The summed E-state index contributed by atoms with van der Waals surface area (Å²) in [5, 5.41) is 3.35. The van der Waals surface area contributed by atoms with Crippen LogP contribution in [0.3, 0.4) is 0 Å². The van der Waals surface area contributed by atoms with Crippen molar-refractivity contribution in [3.63, 3.8) is 0 Å². The molecule has 0 fully saturated rings. The summed E-state index contributed by atoms with van der Waals surface area (Å²) >= 11 is 0. The number of rotatable bonds is 2. The summed E-state index contributed by atoms with van der Waals surface area (Å²) in [7, 11) is 0. The van der Waals surface area contributed by atoms with E-state index >= 15 is 0 Å². The van der Waals surface area contributed by atoms with Gasteiger partial charge in [0.25, 0.3) is 6.02 Å². The number of aryl methyl sites for hydroxylation is 1. The number of nitrogens with zero attached hydrogens (tertiary/aromatic N) is 1. The number of benzene rings is 1. The molecule has 0 bridgehead atoms. The molecule has 96 valence electrons. The summed E-state index contributed by atoms with van der Waals surface area (Å²) in [5.74, 6) is 0. The molecule has 1 N–H and O–H groups in total. The van der Waals surface area contributed by atoms with E-state index in [9.17, 15) is 0 Å². The lowest BCUT2D eigenvalue weighted by Crippen LogP contribution is -2.16. The number of anilines is 1. The molecule has 0 amide bonds. The molecule has 2 aliphatic rings. The van der Waals surface area contributed by atoms with Crippen LogP contribution in [0.15, 0.2) is 17.1 Å². The summed E-state index contributed by atoms with van der Waals surface area (Å²) in [5.41, 5.74) is 5.75. The Hall–Kier alpha value is -1.51. The molecule has 1 heterocycles. The van der Waals surface area contributed by atoms with Crippen molar-refractivity contribution in [1.82, 2.24) is 0 Å². The average molecular weight is 244 g/mol. The number of nitrogens with one attached hydrogen (secondary N) is 1. The van der Waals surface area contributed by atoms with Crippen molar-refractivity contribution < 1.29 is 4.74 Å². The van der Waals surface area contributed by atoms with Crippen molar-refractivity contribution in [2.24, 2.45) is 4.99 Å². The molecule has 3 heteroatoms. The van der Waals surface area contributed by atoms with E-state index in [4.69, 9.17) is 4.74 Å². The average Bonchev–Trinajstić information content (AvgIpc) is 2.92. The second-order valence-corrected chi connectivity index (χ2v) is 4.95. The highest BCUT2D eigenvalue weighted by Crippen LogP contribution is 2.31. The molecule has 0 saturated heterocycles. The number of fused-ring (bicyclic) bond motifs is 1. The first-order valence-corrected chi connectivity index (χ1v) is 6.96. The van der Waals surface area contributed by atoms with Crippen LogP contribution in [0.1, 0.15) is 36.5 Å². The quantitative estimate of drug-likeness (QED) is 0.867. The van der Waals surface area contributed by atoms with Gasteiger partial charge in [0.15, 0.2) is 0 Å². The lowest BCUT2D eigenvalue weighted by molar-refractivity contribution is 0.346. The summed E-state index contributed by atoms with van der Waals surface area (Å²) in [4.78, 5) is 4.31. The monoisotopic (exact) mass is 244 g/mol. The van der Waals surface area contributed by atoms with Crippen LogP contribution >= 0.6 is 0 Å². The maximum atomic E-state index is 5.44. The third-order valence-corrected chi connectivity index (χ3v) is 3.84. The number of ether oxygens (including phenoxy) is 1. The Balaban J connectivity index is 1.94. The van der Waals surface area contributed by atoms with Crippen molar-refractivity contribution in [3.8, 4) is 0 Å². The Morgan fingerprint density at radius 1 is 1.22 bits per heavy atom. The summed E-state index contributed by atoms with van der Waals surface area (Å²) in [6.07, 6.45) is 6.14. The first-order chi connectivity index (χ1) is 8.88. The van der Waals surface area contributed by atoms with Crippen LogP contribution in [0, 0.1) is 0 Å². The van der Waals surface area contributed by atoms with Crippen LogP contribution in [0.2, 0.25) is 0 Å². The van der Waals surface area contributed by atoms with E-state index in [1.165, 1.54) is 42.5 Å². The summed E-state index contributed by atoms with van der Waals surface area (Å²) in [6, 6.07) is 5.13. The van der Waals surface area contributed by atoms with E-state index in [2.05, 4.69) is 29.4 Å². The van der Waals surface area contributed by atoms with E-state index in [0.29, 0.717) is 12.6 Å². The lowest BCUT2D eigenvalue weighted by Gasteiger charge is -2.22. The Morgan fingerprint density at radius 3 is 2.78 bits per heavy atom. The van der Waals surface area contributed by atoms with Gasteiger partial charge in [-0.3, -0.25) is 0 Å². The summed E-state index contributed by atoms with van der Waals surface area (Å²) < 4.78 is 5.44. The van der Waals surface area contributed by atoms with E-state index < -0.39 is 0 Å². The van der Waals surface area contributed by atoms with Crippen LogP contribution in [0.4, 0.5) is 5.69 Å². The summed E-state index contributed by atoms with van der Waals surface area (Å²) in [6.45, 7) is 3.72. The van der Waals surface area contributed by atoms with Gasteiger partial charge in [-0.05, 0) is 54.9 Å². The zero-order valence-electron chi connectivity index (χ0n) is 11.0. The molecule has 0 spiro atoms. The Labute approximate surface area is 108 Å². The third kappa shape index (κ3) is 2.09. The van der Waals surface area contributed by atoms with Gasteiger partial charge < -0.3 is 10.1 Å². The normalized spacial score (nSPS) is 17.9. The maximum Gasteiger partial charge on any atom is 0.289 e. The van der Waals surface area contributed by atoms with Crippen molar-refractivity contribution in [1.29, 1.82) is 0 Å². The fraction of sp³-hybridized carbons (Fsp3) is 0.533. The minimum Gasteiger partial charge on any atom is -0.463 e. The fourth-order valence-corrected chi connectivity index (χ4v) is 2.92. The van der Waals surface area contributed by atoms with Crippen molar-refractivity contribution in [2.45, 2.75) is 39.0 Å². The number of aliphatic imine (C=N–C) groups is 1. The SMILES string of the molecule is CCc1ccc(NC2=NCCO2)c2c1CCCC2. The van der Waals surface area contributed by atoms with E-state index in [0.717, 1.165) is 13.0 Å². The van der Waals surface area contributed by atoms with Crippen LogP contribution in [0.5, 0.6) is 0 Å².